The lowest BCUT2D eigenvalue weighted by molar-refractivity contribution is -0.116. The molecule has 0 fully saturated rings. The van der Waals surface area contributed by atoms with Gasteiger partial charge in [-0.15, -0.1) is 0 Å². The van der Waals surface area contributed by atoms with E-state index in [1.54, 1.807) is 18.2 Å². The van der Waals surface area contributed by atoms with E-state index >= 15 is 0 Å². The highest BCUT2D eigenvalue weighted by Gasteiger charge is 2.03. The van der Waals surface area contributed by atoms with Crippen LogP contribution in [0.5, 0.6) is 0 Å². The van der Waals surface area contributed by atoms with E-state index in [0.717, 1.165) is 0 Å². The number of primary amides is 1. The van der Waals surface area contributed by atoms with Gasteiger partial charge in [-0.05, 0) is 18.2 Å². The highest BCUT2D eigenvalue weighted by Crippen LogP contribution is 2.22. The molecule has 0 saturated carbocycles. The fourth-order valence-corrected chi connectivity index (χ4v) is 1.78. The predicted molar refractivity (Wildman–Crippen MR) is 66.5 cm³/mol. The van der Waals surface area contributed by atoms with Crippen molar-refractivity contribution in [3.8, 4) is 0 Å². The number of hydrogen-bond donors (Lipinski definition) is 2. The van der Waals surface area contributed by atoms with Crippen molar-refractivity contribution in [2.75, 3.05) is 5.32 Å². The minimum Gasteiger partial charge on any atom is -0.369 e. The second kappa shape index (κ2) is 5.30. The van der Waals surface area contributed by atoms with Crippen LogP contribution >= 0.6 is 35.4 Å². The summed E-state index contributed by atoms with van der Waals surface area (Å²) >= 11 is 16.5. The second-order valence-electron chi connectivity index (χ2n) is 2.85. The summed E-state index contributed by atoms with van der Waals surface area (Å²) in [5.41, 5.74) is 5.63. The maximum absolute atomic E-state index is 10.6. The summed E-state index contributed by atoms with van der Waals surface area (Å²) in [5, 5.41) is 3.80. The zero-order valence-corrected chi connectivity index (χ0v) is 9.92. The standard InChI is InChI=1S/C9H8Cl2N2OS/c10-5-1-6(11)3-7(2-5)13-9(15)4-8(12)14/h1-3H,4H2,(H2,12,14)(H,13,15). The summed E-state index contributed by atoms with van der Waals surface area (Å²) in [6.07, 6.45) is -0.000530. The average Bonchev–Trinajstić information content (AvgIpc) is 1.98. The fourth-order valence-electron chi connectivity index (χ4n) is 0.989. The van der Waals surface area contributed by atoms with Gasteiger partial charge in [-0.1, -0.05) is 35.4 Å². The second-order valence-corrected chi connectivity index (χ2v) is 4.22. The average molecular weight is 263 g/mol. The van der Waals surface area contributed by atoms with Crippen LogP contribution in [0.15, 0.2) is 18.2 Å². The molecule has 0 aliphatic carbocycles. The van der Waals surface area contributed by atoms with E-state index in [-0.39, 0.29) is 6.42 Å². The number of nitrogens with one attached hydrogen (secondary N) is 1. The number of amides is 1. The van der Waals surface area contributed by atoms with E-state index in [1.165, 1.54) is 0 Å². The topological polar surface area (TPSA) is 55.1 Å². The van der Waals surface area contributed by atoms with Crippen LogP contribution < -0.4 is 11.1 Å². The summed E-state index contributed by atoms with van der Waals surface area (Å²) in [7, 11) is 0. The molecule has 0 atom stereocenters. The van der Waals surface area contributed by atoms with E-state index in [1.807, 2.05) is 0 Å². The zero-order chi connectivity index (χ0) is 11.4. The fraction of sp³-hybridized carbons (Fsp3) is 0.111. The van der Waals surface area contributed by atoms with Crippen LogP contribution in [0.3, 0.4) is 0 Å². The molecule has 15 heavy (non-hydrogen) atoms. The van der Waals surface area contributed by atoms with Crippen LogP contribution in [-0.2, 0) is 4.79 Å². The summed E-state index contributed by atoms with van der Waals surface area (Å²) in [6, 6.07) is 4.91. The summed E-state index contributed by atoms with van der Waals surface area (Å²) in [4.78, 5) is 10.9. The molecule has 3 nitrogen and oxygen atoms in total. The summed E-state index contributed by atoms with van der Waals surface area (Å²) < 4.78 is 0. The van der Waals surface area contributed by atoms with Crippen LogP contribution in [0, 0.1) is 0 Å². The van der Waals surface area contributed by atoms with Gasteiger partial charge in [0.25, 0.3) is 0 Å². The Morgan fingerprint density at radius 1 is 1.33 bits per heavy atom. The third kappa shape index (κ3) is 4.46. The van der Waals surface area contributed by atoms with Crippen molar-refractivity contribution in [3.63, 3.8) is 0 Å². The van der Waals surface area contributed by atoms with Crippen LogP contribution in [0.2, 0.25) is 10.0 Å². The van der Waals surface area contributed by atoms with E-state index in [0.29, 0.717) is 20.7 Å². The maximum atomic E-state index is 10.6. The van der Waals surface area contributed by atoms with E-state index in [4.69, 9.17) is 41.2 Å². The number of nitrogens with two attached hydrogens (primary N) is 1. The van der Waals surface area contributed by atoms with E-state index in [9.17, 15) is 4.79 Å². The molecular weight excluding hydrogens is 255 g/mol. The Balaban J connectivity index is 2.72. The highest BCUT2D eigenvalue weighted by molar-refractivity contribution is 7.80. The Hall–Kier alpha value is -0.840. The van der Waals surface area contributed by atoms with E-state index in [2.05, 4.69) is 5.32 Å². The molecule has 1 amide bonds. The quantitative estimate of drug-likeness (QED) is 0.824. The summed E-state index contributed by atoms with van der Waals surface area (Å²) in [5.74, 6) is -0.486. The molecule has 0 aliphatic heterocycles. The summed E-state index contributed by atoms with van der Waals surface area (Å²) in [6.45, 7) is 0. The van der Waals surface area contributed by atoms with Crippen molar-refractivity contribution >= 4 is 52.0 Å². The van der Waals surface area contributed by atoms with Gasteiger partial charge < -0.3 is 11.1 Å². The number of benzene rings is 1. The van der Waals surface area contributed by atoms with Crippen LogP contribution in [0.1, 0.15) is 6.42 Å². The number of carbonyl (C=O) groups excluding carboxylic acids is 1. The van der Waals surface area contributed by atoms with Crippen LogP contribution in [0.25, 0.3) is 0 Å². The molecule has 3 N–H and O–H groups in total. The third-order valence-electron chi connectivity index (χ3n) is 1.48. The third-order valence-corrected chi connectivity index (χ3v) is 2.16. The van der Waals surface area contributed by atoms with Crippen LogP contribution in [0.4, 0.5) is 5.69 Å². The number of rotatable bonds is 3. The van der Waals surface area contributed by atoms with Gasteiger partial charge in [0.15, 0.2) is 0 Å². The van der Waals surface area contributed by atoms with Crippen molar-refractivity contribution in [2.24, 2.45) is 5.73 Å². The molecule has 1 rings (SSSR count). The predicted octanol–water partition coefficient (Wildman–Crippen LogP) is 2.61. The molecule has 0 unspecified atom stereocenters. The smallest absolute Gasteiger partial charge is 0.224 e. The number of thiocarbonyl (C=S) groups is 1. The largest absolute Gasteiger partial charge is 0.369 e. The monoisotopic (exact) mass is 262 g/mol. The SMILES string of the molecule is NC(=O)CC(=S)Nc1cc(Cl)cc(Cl)c1. The Morgan fingerprint density at radius 3 is 2.33 bits per heavy atom. The molecule has 0 saturated heterocycles. The van der Waals surface area contributed by atoms with E-state index < -0.39 is 5.91 Å². The van der Waals surface area contributed by atoms with Gasteiger partial charge in [0.05, 0.1) is 11.4 Å². The lowest BCUT2D eigenvalue weighted by Crippen LogP contribution is -2.20. The first-order chi connectivity index (χ1) is 6.97. The highest BCUT2D eigenvalue weighted by atomic mass is 35.5. The van der Waals surface area contributed by atoms with Crippen LogP contribution in [-0.4, -0.2) is 10.9 Å². The number of hydrogen-bond acceptors (Lipinski definition) is 2. The zero-order valence-electron chi connectivity index (χ0n) is 7.59. The maximum Gasteiger partial charge on any atom is 0.224 e. The van der Waals surface area contributed by atoms with Crippen molar-refractivity contribution in [1.29, 1.82) is 0 Å². The Kier molecular flexibility index (Phi) is 4.32. The van der Waals surface area contributed by atoms with Gasteiger partial charge in [-0.25, -0.2) is 0 Å². The Morgan fingerprint density at radius 2 is 1.87 bits per heavy atom. The minimum absolute atomic E-state index is 0.000530. The number of halogens is 2. The molecule has 0 spiro atoms. The first-order valence-electron chi connectivity index (χ1n) is 4.01. The minimum atomic E-state index is -0.486. The first-order valence-corrected chi connectivity index (χ1v) is 5.18. The molecule has 0 bridgehead atoms. The van der Waals surface area contributed by atoms with Gasteiger partial charge >= 0.3 is 0 Å². The molecule has 0 aliphatic rings. The lowest BCUT2D eigenvalue weighted by Gasteiger charge is -2.07. The van der Waals surface area contributed by atoms with Gasteiger partial charge in [0, 0.05) is 15.7 Å². The Bertz CT molecular complexity index is 389. The molecule has 80 valence electrons. The Labute approximate surface area is 103 Å². The van der Waals surface area contributed by atoms with Crippen molar-refractivity contribution in [2.45, 2.75) is 6.42 Å². The molecule has 1 aromatic rings. The number of anilines is 1. The molecule has 1 aromatic carbocycles. The van der Waals surface area contributed by atoms with Gasteiger partial charge in [0.1, 0.15) is 0 Å². The molecule has 0 radical (unpaired) electrons. The molecule has 6 heteroatoms. The number of carbonyl (C=O) groups is 1. The molecule has 0 aromatic heterocycles. The van der Waals surface area contributed by atoms with Crippen molar-refractivity contribution in [3.05, 3.63) is 28.2 Å². The van der Waals surface area contributed by atoms with Crippen molar-refractivity contribution < 1.29 is 4.79 Å². The first kappa shape index (κ1) is 12.2. The van der Waals surface area contributed by atoms with Gasteiger partial charge in [-0.2, -0.15) is 0 Å². The normalized spacial score (nSPS) is 9.73. The molecular formula is C9H8Cl2N2OS. The molecule has 0 heterocycles. The van der Waals surface area contributed by atoms with Gasteiger partial charge in [-0.3, -0.25) is 4.79 Å². The van der Waals surface area contributed by atoms with Crippen molar-refractivity contribution in [1.82, 2.24) is 0 Å². The lowest BCUT2D eigenvalue weighted by atomic mass is 10.3. The van der Waals surface area contributed by atoms with Gasteiger partial charge in [0.2, 0.25) is 5.91 Å².